The zero-order valence-corrected chi connectivity index (χ0v) is 11.4. The maximum absolute atomic E-state index is 6.09. The van der Waals surface area contributed by atoms with Gasteiger partial charge >= 0.3 is 0 Å². The molecule has 4 bridgehead atoms. The van der Waals surface area contributed by atoms with Gasteiger partial charge in [-0.1, -0.05) is 6.08 Å². The first-order chi connectivity index (χ1) is 8.86. The van der Waals surface area contributed by atoms with Crippen LogP contribution in [0.3, 0.4) is 0 Å². The molecule has 0 saturated heterocycles. The van der Waals surface area contributed by atoms with Gasteiger partial charge in [-0.05, 0) is 81.1 Å². The third-order valence-corrected chi connectivity index (χ3v) is 5.25. The predicted octanol–water partition coefficient (Wildman–Crippen LogP) is 4.70. The number of unbranched alkanes of at least 4 members (excludes halogenated alkanes) is 2. The van der Waals surface area contributed by atoms with E-state index in [-0.39, 0.29) is 0 Å². The van der Waals surface area contributed by atoms with E-state index in [1.54, 1.807) is 0 Å². The van der Waals surface area contributed by atoms with Gasteiger partial charge in [0.05, 0.1) is 6.26 Å². The first kappa shape index (κ1) is 12.3. The second-order valence-corrected chi connectivity index (χ2v) is 6.62. The summed E-state index contributed by atoms with van der Waals surface area (Å²) in [4.78, 5) is 0. The van der Waals surface area contributed by atoms with E-state index in [4.69, 9.17) is 4.74 Å². The average molecular weight is 246 g/mol. The van der Waals surface area contributed by atoms with Gasteiger partial charge in [0.2, 0.25) is 0 Å². The molecule has 100 valence electrons. The van der Waals surface area contributed by atoms with Crippen LogP contribution in [0, 0.1) is 23.7 Å². The molecule has 4 saturated carbocycles. The van der Waals surface area contributed by atoms with Crippen molar-refractivity contribution in [3.05, 3.63) is 25.0 Å². The Morgan fingerprint density at radius 2 is 1.61 bits per heavy atom. The lowest BCUT2D eigenvalue weighted by atomic mass is 9.55. The SMILES string of the molecule is C=CCCCC=COC1C2CC3CC(C2)CC1C3. The van der Waals surface area contributed by atoms with Crippen molar-refractivity contribution in [2.75, 3.05) is 0 Å². The van der Waals surface area contributed by atoms with Gasteiger partial charge in [0.15, 0.2) is 0 Å². The number of rotatable bonds is 6. The molecule has 0 amide bonds. The molecule has 0 aromatic carbocycles. The summed E-state index contributed by atoms with van der Waals surface area (Å²) in [6.07, 6.45) is 17.5. The molecule has 0 N–H and O–H groups in total. The minimum atomic E-state index is 0.549. The normalized spacial score (nSPS) is 41.4. The van der Waals surface area contributed by atoms with Crippen LogP contribution < -0.4 is 0 Å². The van der Waals surface area contributed by atoms with Crippen LogP contribution >= 0.6 is 0 Å². The fourth-order valence-corrected chi connectivity index (χ4v) is 4.69. The first-order valence-electron chi connectivity index (χ1n) is 7.78. The van der Waals surface area contributed by atoms with E-state index in [0.717, 1.165) is 36.5 Å². The highest BCUT2D eigenvalue weighted by Gasteiger charge is 2.49. The van der Waals surface area contributed by atoms with Crippen LogP contribution in [0.2, 0.25) is 0 Å². The van der Waals surface area contributed by atoms with Gasteiger partial charge in [-0.25, -0.2) is 0 Å². The standard InChI is InChI=1S/C17H26O/c1-2-3-4-5-6-7-18-17-15-9-13-8-14(11-15)12-16(17)10-13/h2,6-7,13-17H,1,3-5,8-12H2. The minimum Gasteiger partial charge on any atom is -0.498 e. The third kappa shape index (κ3) is 2.50. The van der Waals surface area contributed by atoms with E-state index < -0.39 is 0 Å². The van der Waals surface area contributed by atoms with Gasteiger partial charge in [0, 0.05) is 0 Å². The highest BCUT2D eigenvalue weighted by molar-refractivity contribution is 4.99. The van der Waals surface area contributed by atoms with Crippen LogP contribution in [0.1, 0.15) is 51.4 Å². The number of allylic oxidation sites excluding steroid dienone is 2. The van der Waals surface area contributed by atoms with Crippen LogP contribution in [-0.4, -0.2) is 6.10 Å². The van der Waals surface area contributed by atoms with Gasteiger partial charge in [-0.3, -0.25) is 0 Å². The third-order valence-electron chi connectivity index (χ3n) is 5.25. The molecular weight excluding hydrogens is 220 g/mol. The number of ether oxygens (including phenoxy) is 1. The van der Waals surface area contributed by atoms with E-state index in [2.05, 4.69) is 12.7 Å². The monoisotopic (exact) mass is 246 g/mol. The Bertz CT molecular complexity index is 290. The summed E-state index contributed by atoms with van der Waals surface area (Å²) >= 11 is 0. The van der Waals surface area contributed by atoms with Gasteiger partial charge in [-0.2, -0.15) is 0 Å². The van der Waals surface area contributed by atoms with Crippen molar-refractivity contribution < 1.29 is 4.74 Å². The zero-order chi connectivity index (χ0) is 12.4. The molecule has 0 aromatic heterocycles. The Labute approximate surface area is 111 Å². The minimum absolute atomic E-state index is 0.549. The topological polar surface area (TPSA) is 9.23 Å². The molecule has 4 aliphatic rings. The molecule has 0 unspecified atom stereocenters. The molecular formula is C17H26O. The van der Waals surface area contributed by atoms with Crippen molar-refractivity contribution in [1.29, 1.82) is 0 Å². The molecule has 4 aliphatic carbocycles. The maximum Gasteiger partial charge on any atom is 0.103 e. The van der Waals surface area contributed by atoms with Gasteiger partial charge in [-0.15, -0.1) is 6.58 Å². The van der Waals surface area contributed by atoms with Crippen molar-refractivity contribution in [1.82, 2.24) is 0 Å². The highest BCUT2D eigenvalue weighted by atomic mass is 16.5. The van der Waals surface area contributed by atoms with Crippen molar-refractivity contribution in [2.45, 2.75) is 57.5 Å². The molecule has 0 spiro atoms. The molecule has 0 aliphatic heterocycles. The molecule has 0 aromatic rings. The quantitative estimate of drug-likeness (QED) is 0.375. The lowest BCUT2D eigenvalue weighted by molar-refractivity contribution is -0.0974. The summed E-state index contributed by atoms with van der Waals surface area (Å²) in [5, 5.41) is 0. The number of hydrogen-bond donors (Lipinski definition) is 0. The van der Waals surface area contributed by atoms with Crippen molar-refractivity contribution >= 4 is 0 Å². The molecule has 1 nitrogen and oxygen atoms in total. The second kappa shape index (κ2) is 5.50. The summed E-state index contributed by atoms with van der Waals surface area (Å²) < 4.78 is 6.09. The van der Waals surface area contributed by atoms with Crippen molar-refractivity contribution in [3.8, 4) is 0 Å². The predicted molar refractivity (Wildman–Crippen MR) is 75.1 cm³/mol. The van der Waals surface area contributed by atoms with Crippen LogP contribution in [0.4, 0.5) is 0 Å². The van der Waals surface area contributed by atoms with Crippen LogP contribution in [0.5, 0.6) is 0 Å². The zero-order valence-electron chi connectivity index (χ0n) is 11.4. The molecule has 0 heterocycles. The Morgan fingerprint density at radius 3 is 2.22 bits per heavy atom. The van der Waals surface area contributed by atoms with Crippen molar-refractivity contribution in [3.63, 3.8) is 0 Å². The fraction of sp³-hybridized carbons (Fsp3) is 0.765. The largest absolute Gasteiger partial charge is 0.498 e. The van der Waals surface area contributed by atoms with E-state index in [9.17, 15) is 0 Å². The molecule has 1 heteroatoms. The van der Waals surface area contributed by atoms with Crippen LogP contribution in [0.15, 0.2) is 25.0 Å². The average Bonchev–Trinajstić information content (AvgIpc) is 2.35. The van der Waals surface area contributed by atoms with Gasteiger partial charge < -0.3 is 4.74 Å². The van der Waals surface area contributed by atoms with E-state index in [1.807, 2.05) is 12.3 Å². The highest BCUT2D eigenvalue weighted by Crippen LogP contribution is 2.54. The van der Waals surface area contributed by atoms with Gasteiger partial charge in [0.25, 0.3) is 0 Å². The van der Waals surface area contributed by atoms with E-state index >= 15 is 0 Å². The van der Waals surface area contributed by atoms with E-state index in [0.29, 0.717) is 6.10 Å². The van der Waals surface area contributed by atoms with Gasteiger partial charge in [0.1, 0.15) is 6.10 Å². The smallest absolute Gasteiger partial charge is 0.103 e. The first-order valence-corrected chi connectivity index (χ1v) is 7.78. The lowest BCUT2D eigenvalue weighted by Gasteiger charge is -2.53. The molecule has 18 heavy (non-hydrogen) atoms. The fourth-order valence-electron chi connectivity index (χ4n) is 4.69. The molecule has 0 radical (unpaired) electrons. The Morgan fingerprint density at radius 1 is 0.944 bits per heavy atom. The second-order valence-electron chi connectivity index (χ2n) is 6.62. The Kier molecular flexibility index (Phi) is 3.77. The summed E-state index contributed by atoms with van der Waals surface area (Å²) in [5.74, 6) is 3.84. The van der Waals surface area contributed by atoms with E-state index in [1.165, 1.54) is 38.5 Å². The lowest BCUT2D eigenvalue weighted by Crippen LogP contribution is -2.48. The van der Waals surface area contributed by atoms with Crippen LogP contribution in [-0.2, 0) is 4.74 Å². The summed E-state index contributed by atoms with van der Waals surface area (Å²) in [6.45, 7) is 3.75. The number of hydrogen-bond acceptors (Lipinski definition) is 1. The summed E-state index contributed by atoms with van der Waals surface area (Å²) in [6, 6.07) is 0. The Balaban J connectivity index is 1.47. The Hall–Kier alpha value is -0.720. The molecule has 4 fully saturated rings. The molecule has 0 atom stereocenters. The maximum atomic E-state index is 6.09. The summed E-state index contributed by atoms with van der Waals surface area (Å²) in [7, 11) is 0. The van der Waals surface area contributed by atoms with Crippen LogP contribution in [0.25, 0.3) is 0 Å². The molecule has 4 rings (SSSR count). The van der Waals surface area contributed by atoms with Crippen molar-refractivity contribution in [2.24, 2.45) is 23.7 Å². The summed E-state index contributed by atoms with van der Waals surface area (Å²) in [5.41, 5.74) is 0.